The summed E-state index contributed by atoms with van der Waals surface area (Å²) in [6.07, 6.45) is -9.71. The lowest BCUT2D eigenvalue weighted by atomic mass is 10.00. The summed E-state index contributed by atoms with van der Waals surface area (Å²) in [5.74, 6) is -0.884. The van der Waals surface area contributed by atoms with Crippen LogP contribution in [0.25, 0.3) is 11.4 Å². The molecule has 0 bridgehead atoms. The number of aliphatic hydroxyl groups is 2. The maximum atomic E-state index is 13.7. The molecule has 0 radical (unpaired) electrons. The summed E-state index contributed by atoms with van der Waals surface area (Å²) >= 11 is 0. The molecule has 0 saturated heterocycles. The van der Waals surface area contributed by atoms with Gasteiger partial charge in [-0.15, -0.1) is 0 Å². The lowest BCUT2D eigenvalue weighted by Gasteiger charge is -2.21. The second-order valence-corrected chi connectivity index (χ2v) is 8.85. The van der Waals surface area contributed by atoms with Crippen molar-refractivity contribution in [2.24, 2.45) is 5.16 Å². The molecule has 1 aliphatic heterocycles. The van der Waals surface area contributed by atoms with Crippen LogP contribution in [0.1, 0.15) is 49.1 Å². The molecule has 0 saturated carbocycles. The molecule has 3 aromatic rings. The summed E-state index contributed by atoms with van der Waals surface area (Å²) in [4.78, 5) is 9.90. The van der Waals surface area contributed by atoms with Gasteiger partial charge >= 0.3 is 12.4 Å². The molecule has 204 valence electrons. The quantitative estimate of drug-likeness (QED) is 0.318. The Balaban J connectivity index is 1.62. The largest absolute Gasteiger partial charge is 0.481 e. The summed E-state index contributed by atoms with van der Waals surface area (Å²) in [5.41, 5.74) is 1.36. The molecule has 1 unspecified atom stereocenters. The second-order valence-electron chi connectivity index (χ2n) is 8.85. The minimum atomic E-state index is -4.98. The van der Waals surface area contributed by atoms with Crippen molar-refractivity contribution in [3.05, 3.63) is 70.7 Å². The van der Waals surface area contributed by atoms with E-state index in [9.17, 15) is 26.3 Å². The summed E-state index contributed by atoms with van der Waals surface area (Å²) < 4.78 is 86.1. The summed E-state index contributed by atoms with van der Waals surface area (Å²) in [6.45, 7) is 2.30. The van der Waals surface area contributed by atoms with Crippen molar-refractivity contribution in [1.29, 1.82) is 0 Å². The van der Waals surface area contributed by atoms with E-state index in [1.165, 1.54) is 6.07 Å². The summed E-state index contributed by atoms with van der Waals surface area (Å²) in [6, 6.07) is 6.18. The Kier molecular flexibility index (Phi) is 7.44. The van der Waals surface area contributed by atoms with Gasteiger partial charge in [0.2, 0.25) is 0 Å². The monoisotopic (exact) mass is 543 g/mol. The van der Waals surface area contributed by atoms with Crippen LogP contribution < -0.4 is 4.74 Å². The fraction of sp³-hybridized carbons (Fsp3) is 0.360. The molecule has 4 rings (SSSR count). The fourth-order valence-corrected chi connectivity index (χ4v) is 3.89. The fourth-order valence-electron chi connectivity index (χ4n) is 3.89. The van der Waals surface area contributed by atoms with Gasteiger partial charge in [-0.3, -0.25) is 0 Å². The zero-order chi connectivity index (χ0) is 27.8. The zero-order valence-corrected chi connectivity index (χ0v) is 20.1. The molecule has 13 heteroatoms. The van der Waals surface area contributed by atoms with E-state index in [1.54, 1.807) is 35.9 Å². The Hall–Kier alpha value is -3.58. The van der Waals surface area contributed by atoms with E-state index < -0.39 is 36.1 Å². The molecule has 2 aromatic heterocycles. The highest BCUT2D eigenvalue weighted by Gasteiger charge is 2.41. The van der Waals surface area contributed by atoms with E-state index in [4.69, 9.17) is 15.1 Å². The third kappa shape index (κ3) is 6.10. The van der Waals surface area contributed by atoms with E-state index >= 15 is 0 Å². The van der Waals surface area contributed by atoms with Crippen LogP contribution in [0, 0.1) is 0 Å². The van der Waals surface area contributed by atoms with E-state index in [0.717, 1.165) is 6.07 Å². The van der Waals surface area contributed by atoms with Crippen molar-refractivity contribution in [3.63, 3.8) is 0 Å². The topological polar surface area (TPSA) is 88.6 Å². The van der Waals surface area contributed by atoms with Gasteiger partial charge in [0.25, 0.3) is 0 Å². The number of benzene rings is 1. The number of allylic oxidation sites excluding steroid dienone is 1. The first-order chi connectivity index (χ1) is 17.7. The van der Waals surface area contributed by atoms with Crippen molar-refractivity contribution in [2.75, 3.05) is 0 Å². The van der Waals surface area contributed by atoms with E-state index in [2.05, 4.69) is 14.9 Å². The molecule has 1 aliphatic rings. The van der Waals surface area contributed by atoms with Gasteiger partial charge in [-0.05, 0) is 62.6 Å². The summed E-state index contributed by atoms with van der Waals surface area (Å²) in [7, 11) is 0. The van der Waals surface area contributed by atoms with Crippen molar-refractivity contribution in [1.82, 2.24) is 9.38 Å². The molecule has 1 aromatic carbocycles. The SMILES string of the molecule is CC1=C(c2ccc(OC(C)C(F)(F)F)c(C(F)(F)F)c2)ON=C(c2ccn3cc(CC(O)O)nc3c2)CC1. The predicted molar refractivity (Wildman–Crippen MR) is 124 cm³/mol. The van der Waals surface area contributed by atoms with Gasteiger partial charge < -0.3 is 24.2 Å². The van der Waals surface area contributed by atoms with Crippen LogP contribution in [0.5, 0.6) is 5.75 Å². The number of nitrogens with zero attached hydrogens (tertiary/aromatic N) is 3. The Morgan fingerprint density at radius 1 is 1.05 bits per heavy atom. The Labute approximate surface area is 212 Å². The minimum absolute atomic E-state index is 0.0113. The first kappa shape index (κ1) is 27.5. The second kappa shape index (κ2) is 10.3. The van der Waals surface area contributed by atoms with Crippen molar-refractivity contribution < 1.29 is 46.1 Å². The average Bonchev–Trinajstić information content (AvgIpc) is 3.10. The molecular weight excluding hydrogens is 520 g/mol. The van der Waals surface area contributed by atoms with Crippen molar-refractivity contribution in [2.45, 2.75) is 57.9 Å². The van der Waals surface area contributed by atoms with Gasteiger partial charge in [-0.2, -0.15) is 26.3 Å². The van der Waals surface area contributed by atoms with Gasteiger partial charge in [0.05, 0.1) is 17.0 Å². The van der Waals surface area contributed by atoms with Crippen LogP contribution in [-0.2, 0) is 17.4 Å². The molecular formula is C25H23F6N3O4. The smallest absolute Gasteiger partial charge is 0.425 e. The van der Waals surface area contributed by atoms with Crippen LogP contribution in [0.4, 0.5) is 26.3 Å². The lowest BCUT2D eigenvalue weighted by Crippen LogP contribution is -2.31. The van der Waals surface area contributed by atoms with Gasteiger partial charge in [0, 0.05) is 29.9 Å². The third-order valence-electron chi connectivity index (χ3n) is 5.92. The van der Waals surface area contributed by atoms with Crippen LogP contribution >= 0.6 is 0 Å². The number of fused-ring (bicyclic) bond motifs is 1. The maximum absolute atomic E-state index is 13.7. The van der Waals surface area contributed by atoms with E-state index in [1.807, 2.05) is 0 Å². The molecule has 0 spiro atoms. The Morgan fingerprint density at radius 3 is 2.45 bits per heavy atom. The highest BCUT2D eigenvalue weighted by atomic mass is 19.4. The molecule has 0 aliphatic carbocycles. The zero-order valence-electron chi connectivity index (χ0n) is 20.1. The lowest BCUT2D eigenvalue weighted by molar-refractivity contribution is -0.191. The number of rotatable bonds is 6. The number of alkyl halides is 6. The molecule has 1 atom stereocenters. The van der Waals surface area contributed by atoms with E-state index in [0.29, 0.717) is 54.0 Å². The number of pyridine rings is 1. The van der Waals surface area contributed by atoms with Gasteiger partial charge in [0.1, 0.15) is 11.4 Å². The molecule has 3 heterocycles. The van der Waals surface area contributed by atoms with Crippen LogP contribution in [0.3, 0.4) is 0 Å². The van der Waals surface area contributed by atoms with Gasteiger partial charge in [-0.25, -0.2) is 4.98 Å². The average molecular weight is 543 g/mol. The number of aromatic nitrogens is 2. The number of imidazole rings is 1. The van der Waals surface area contributed by atoms with Gasteiger partial charge in [0.15, 0.2) is 18.2 Å². The molecule has 2 N–H and O–H groups in total. The first-order valence-corrected chi connectivity index (χ1v) is 11.4. The number of halogens is 6. The number of hydrogen-bond donors (Lipinski definition) is 2. The number of ether oxygens (including phenoxy) is 1. The Bertz CT molecular complexity index is 1390. The molecule has 38 heavy (non-hydrogen) atoms. The molecule has 0 amide bonds. The van der Waals surface area contributed by atoms with Gasteiger partial charge in [-0.1, -0.05) is 5.16 Å². The first-order valence-electron chi connectivity index (χ1n) is 11.4. The van der Waals surface area contributed by atoms with Crippen LogP contribution in [-0.4, -0.2) is 43.9 Å². The maximum Gasteiger partial charge on any atom is 0.425 e. The number of oxime groups is 1. The minimum Gasteiger partial charge on any atom is -0.481 e. The molecule has 7 nitrogen and oxygen atoms in total. The van der Waals surface area contributed by atoms with Crippen molar-refractivity contribution >= 4 is 17.1 Å². The van der Waals surface area contributed by atoms with Crippen LogP contribution in [0.15, 0.2) is 53.5 Å². The third-order valence-corrected chi connectivity index (χ3v) is 5.92. The van der Waals surface area contributed by atoms with E-state index in [-0.39, 0.29) is 17.7 Å². The predicted octanol–water partition coefficient (Wildman–Crippen LogP) is 5.48. The normalized spacial score (nSPS) is 15.9. The highest BCUT2D eigenvalue weighted by molar-refractivity contribution is 6.01. The molecule has 0 fully saturated rings. The highest BCUT2D eigenvalue weighted by Crippen LogP contribution is 2.40. The summed E-state index contributed by atoms with van der Waals surface area (Å²) in [5, 5.41) is 22.5. The standard InChI is InChI=1S/C25H23F6N3O4/c1-13-3-5-19(15-7-8-34-12-17(11-22(35)36)32-21(34)10-15)33-38-23(13)16-4-6-20(18(9-16)25(29,30)31)37-14(2)24(26,27)28/h4,6-10,12,14,22,35-36H,3,5,11H2,1-2H3. The number of aliphatic hydroxyl groups excluding tert-OH is 1. The van der Waals surface area contributed by atoms with Crippen LogP contribution in [0.2, 0.25) is 0 Å². The number of hydrogen-bond acceptors (Lipinski definition) is 6. The van der Waals surface area contributed by atoms with Crippen molar-refractivity contribution in [3.8, 4) is 5.75 Å². The Morgan fingerprint density at radius 2 is 1.79 bits per heavy atom.